The third-order valence-corrected chi connectivity index (χ3v) is 5.46. The molecule has 0 aromatic heterocycles. The molecule has 1 aromatic carbocycles. The van der Waals surface area contributed by atoms with Crippen LogP contribution >= 0.6 is 15.9 Å². The molecule has 0 spiro atoms. The minimum atomic E-state index is -3.55. The quantitative estimate of drug-likeness (QED) is 0.833. The number of benzene rings is 1. The monoisotopic (exact) mass is 330 g/mol. The number of nitriles is 1. The summed E-state index contributed by atoms with van der Waals surface area (Å²) in [6.45, 7) is 4.02. The summed E-state index contributed by atoms with van der Waals surface area (Å²) in [4.78, 5) is 0.233. The topological polar surface area (TPSA) is 61.2 Å². The van der Waals surface area contributed by atoms with E-state index in [1.54, 1.807) is 38.1 Å². The third-order valence-electron chi connectivity index (χ3n) is 2.51. The Hall–Kier alpha value is -0.900. The normalized spacial score (nSPS) is 13.3. The van der Waals surface area contributed by atoms with Gasteiger partial charge in [0.25, 0.3) is 0 Å². The first-order valence-corrected chi connectivity index (χ1v) is 7.81. The molecule has 0 aliphatic carbocycles. The van der Waals surface area contributed by atoms with E-state index in [1.807, 2.05) is 0 Å². The van der Waals surface area contributed by atoms with Crippen LogP contribution in [0.25, 0.3) is 0 Å². The van der Waals surface area contributed by atoms with Crippen molar-refractivity contribution >= 4 is 26.0 Å². The van der Waals surface area contributed by atoms with Crippen LogP contribution in [0.3, 0.4) is 0 Å². The van der Waals surface area contributed by atoms with Gasteiger partial charge in [0, 0.05) is 17.6 Å². The summed E-state index contributed by atoms with van der Waals surface area (Å²) in [7, 11) is -3.55. The second-order valence-electron chi connectivity index (χ2n) is 3.92. The fourth-order valence-electron chi connectivity index (χ4n) is 1.54. The summed E-state index contributed by atoms with van der Waals surface area (Å²) in [5, 5.41) is 8.79. The van der Waals surface area contributed by atoms with E-state index in [2.05, 4.69) is 22.0 Å². The molecule has 6 heteroatoms. The van der Waals surface area contributed by atoms with Gasteiger partial charge < -0.3 is 0 Å². The van der Waals surface area contributed by atoms with Gasteiger partial charge in [0.1, 0.15) is 0 Å². The lowest BCUT2D eigenvalue weighted by Gasteiger charge is -2.22. The van der Waals surface area contributed by atoms with Crippen LogP contribution in [0.15, 0.2) is 33.6 Å². The molecule has 0 bridgehead atoms. The maximum Gasteiger partial charge on any atom is 0.244 e. The average Bonchev–Trinajstić information content (AvgIpc) is 2.35. The summed E-state index contributed by atoms with van der Waals surface area (Å²) in [6, 6.07) is 8.73. The van der Waals surface area contributed by atoms with E-state index < -0.39 is 10.0 Å². The Balaban J connectivity index is 3.13. The van der Waals surface area contributed by atoms with Crippen molar-refractivity contribution in [1.29, 1.82) is 5.26 Å². The van der Waals surface area contributed by atoms with Gasteiger partial charge in [0.05, 0.1) is 16.9 Å². The van der Waals surface area contributed by atoms with E-state index in [0.29, 0.717) is 11.0 Å². The van der Waals surface area contributed by atoms with E-state index in [1.165, 1.54) is 4.31 Å². The zero-order valence-electron chi connectivity index (χ0n) is 10.3. The summed E-state index contributed by atoms with van der Waals surface area (Å²) >= 11 is 3.24. The zero-order valence-corrected chi connectivity index (χ0v) is 12.7. The maximum absolute atomic E-state index is 12.4. The minimum Gasteiger partial charge on any atom is -0.207 e. The van der Waals surface area contributed by atoms with Crippen LogP contribution in [0.5, 0.6) is 0 Å². The largest absolute Gasteiger partial charge is 0.244 e. The molecule has 0 amide bonds. The van der Waals surface area contributed by atoms with Gasteiger partial charge >= 0.3 is 0 Å². The fourth-order valence-corrected chi connectivity index (χ4v) is 4.04. The third kappa shape index (κ3) is 3.31. The molecule has 1 unspecified atom stereocenters. The van der Waals surface area contributed by atoms with Crippen LogP contribution in [-0.2, 0) is 10.0 Å². The molecule has 0 fully saturated rings. The Morgan fingerprint density at radius 3 is 2.56 bits per heavy atom. The van der Waals surface area contributed by atoms with Crippen LogP contribution < -0.4 is 0 Å². The Morgan fingerprint density at radius 1 is 1.44 bits per heavy atom. The molecule has 4 nitrogen and oxygen atoms in total. The minimum absolute atomic E-state index is 0.205. The van der Waals surface area contributed by atoms with Crippen LogP contribution in [0, 0.1) is 17.2 Å². The molecular formula is C12H15BrN2O2S. The number of halogens is 1. The highest BCUT2D eigenvalue weighted by atomic mass is 79.9. The molecular weight excluding hydrogens is 316 g/mol. The Kier molecular flexibility index (Phi) is 5.32. The number of hydrogen-bond acceptors (Lipinski definition) is 3. The van der Waals surface area contributed by atoms with Gasteiger partial charge in [0.2, 0.25) is 10.0 Å². The highest BCUT2D eigenvalue weighted by molar-refractivity contribution is 9.10. The number of sulfonamides is 1. The molecule has 98 valence electrons. The molecule has 0 saturated heterocycles. The predicted molar refractivity (Wildman–Crippen MR) is 73.4 cm³/mol. The van der Waals surface area contributed by atoms with Crippen molar-refractivity contribution in [3.8, 4) is 6.07 Å². The fraction of sp³-hybridized carbons (Fsp3) is 0.417. The van der Waals surface area contributed by atoms with Crippen molar-refractivity contribution in [2.75, 3.05) is 13.1 Å². The van der Waals surface area contributed by atoms with E-state index in [-0.39, 0.29) is 17.4 Å². The maximum atomic E-state index is 12.4. The summed E-state index contributed by atoms with van der Waals surface area (Å²) < 4.78 is 26.7. The van der Waals surface area contributed by atoms with Gasteiger partial charge in [-0.05, 0) is 35.0 Å². The first kappa shape index (κ1) is 15.2. The van der Waals surface area contributed by atoms with Gasteiger partial charge in [0.15, 0.2) is 0 Å². The lowest BCUT2D eigenvalue weighted by molar-refractivity contribution is 0.399. The molecule has 0 aliphatic rings. The molecule has 1 aromatic rings. The zero-order chi connectivity index (χ0) is 13.8. The number of hydrogen-bond donors (Lipinski definition) is 0. The van der Waals surface area contributed by atoms with Crippen LogP contribution in [0.2, 0.25) is 0 Å². The van der Waals surface area contributed by atoms with Gasteiger partial charge in [-0.25, -0.2) is 8.42 Å². The molecule has 1 atom stereocenters. The van der Waals surface area contributed by atoms with Crippen molar-refractivity contribution in [3.63, 3.8) is 0 Å². The molecule has 0 N–H and O–H groups in total. The number of rotatable bonds is 5. The van der Waals surface area contributed by atoms with Crippen LogP contribution in [0.1, 0.15) is 13.8 Å². The highest BCUT2D eigenvalue weighted by Crippen LogP contribution is 2.25. The van der Waals surface area contributed by atoms with Crippen LogP contribution in [-0.4, -0.2) is 25.8 Å². The van der Waals surface area contributed by atoms with Crippen LogP contribution in [0.4, 0.5) is 0 Å². The van der Waals surface area contributed by atoms with Gasteiger partial charge in [-0.2, -0.15) is 9.57 Å². The Morgan fingerprint density at radius 2 is 2.06 bits per heavy atom. The van der Waals surface area contributed by atoms with Gasteiger partial charge in [-0.15, -0.1) is 0 Å². The molecule has 18 heavy (non-hydrogen) atoms. The predicted octanol–water partition coefficient (Wildman–Crippen LogP) is 2.62. The average molecular weight is 331 g/mol. The van der Waals surface area contributed by atoms with E-state index in [4.69, 9.17) is 5.26 Å². The van der Waals surface area contributed by atoms with Crippen molar-refractivity contribution in [3.05, 3.63) is 28.7 Å². The molecule has 0 radical (unpaired) electrons. The summed E-state index contributed by atoms with van der Waals surface area (Å²) in [5.41, 5.74) is 0. The molecule has 1 rings (SSSR count). The SMILES string of the molecule is CCN(CC(C)C#N)S(=O)(=O)c1ccccc1Br. The molecule has 0 aliphatic heterocycles. The molecule has 0 saturated carbocycles. The lowest BCUT2D eigenvalue weighted by atomic mass is 10.2. The standard InChI is InChI=1S/C12H15BrN2O2S/c1-3-15(9-10(2)8-14)18(16,17)12-7-5-4-6-11(12)13/h4-7,10H,3,9H2,1-2H3. The smallest absolute Gasteiger partial charge is 0.207 e. The first-order chi connectivity index (χ1) is 8.43. The van der Waals surface area contributed by atoms with Gasteiger partial charge in [-0.3, -0.25) is 0 Å². The number of nitrogens with zero attached hydrogens (tertiary/aromatic N) is 2. The van der Waals surface area contributed by atoms with Crippen molar-refractivity contribution in [2.24, 2.45) is 5.92 Å². The van der Waals surface area contributed by atoms with Crippen molar-refractivity contribution < 1.29 is 8.42 Å². The highest BCUT2D eigenvalue weighted by Gasteiger charge is 2.26. The van der Waals surface area contributed by atoms with Crippen molar-refractivity contribution in [1.82, 2.24) is 4.31 Å². The summed E-state index contributed by atoms with van der Waals surface area (Å²) in [5.74, 6) is -0.331. The first-order valence-electron chi connectivity index (χ1n) is 5.57. The second-order valence-corrected chi connectivity index (χ2v) is 6.68. The Bertz CT molecular complexity index is 551. The lowest BCUT2D eigenvalue weighted by Crippen LogP contribution is -2.34. The van der Waals surface area contributed by atoms with Crippen molar-refractivity contribution in [2.45, 2.75) is 18.7 Å². The Labute approximate surface area is 116 Å². The van der Waals surface area contributed by atoms with E-state index in [0.717, 1.165) is 0 Å². The summed E-state index contributed by atoms with van der Waals surface area (Å²) in [6.07, 6.45) is 0. The second kappa shape index (κ2) is 6.32. The van der Waals surface area contributed by atoms with E-state index >= 15 is 0 Å². The van der Waals surface area contributed by atoms with E-state index in [9.17, 15) is 8.42 Å². The van der Waals surface area contributed by atoms with Gasteiger partial charge in [-0.1, -0.05) is 19.1 Å². The molecule has 0 heterocycles.